The normalized spacial score (nSPS) is 22.7. The fraction of sp³-hybridized carbons (Fsp3) is 0.583. The Hall–Kier alpha value is -2.18. The molecule has 2 saturated heterocycles. The van der Waals surface area contributed by atoms with Crippen molar-refractivity contribution in [1.29, 1.82) is 0 Å². The number of nitrogens with zero attached hydrogens (tertiary/aromatic N) is 5. The number of aromatic nitrogens is 2. The number of rotatable bonds is 5. The molecule has 0 N–H and O–H groups in total. The maximum absolute atomic E-state index is 13.9. The Bertz CT molecular complexity index is 893. The molecule has 1 spiro atoms. The van der Waals surface area contributed by atoms with Gasteiger partial charge in [-0.25, -0.2) is 0 Å². The van der Waals surface area contributed by atoms with Gasteiger partial charge in [0.25, 0.3) is 0 Å². The van der Waals surface area contributed by atoms with Crippen LogP contribution >= 0.6 is 0 Å². The molecule has 1 saturated carbocycles. The van der Waals surface area contributed by atoms with E-state index in [9.17, 15) is 4.79 Å². The molecule has 30 heavy (non-hydrogen) atoms. The molecule has 0 atom stereocenters. The van der Waals surface area contributed by atoms with Crippen LogP contribution < -0.4 is 4.90 Å². The van der Waals surface area contributed by atoms with E-state index in [2.05, 4.69) is 46.1 Å². The number of carbonyl (C=O) groups excluding carboxylic acids is 1. The van der Waals surface area contributed by atoms with E-state index < -0.39 is 0 Å². The third-order valence-corrected chi connectivity index (χ3v) is 7.23. The molecule has 160 valence electrons. The summed E-state index contributed by atoms with van der Waals surface area (Å²) in [5.74, 6) is 1.09. The van der Waals surface area contributed by atoms with Crippen LogP contribution in [0.15, 0.2) is 36.7 Å². The van der Waals surface area contributed by atoms with Gasteiger partial charge in [-0.2, -0.15) is 5.10 Å². The number of amides is 1. The Morgan fingerprint density at radius 2 is 1.80 bits per heavy atom. The first-order valence-corrected chi connectivity index (χ1v) is 11.4. The number of likely N-dealkylation sites (tertiary alicyclic amines) is 1. The molecule has 3 heterocycles. The summed E-state index contributed by atoms with van der Waals surface area (Å²) in [7, 11) is 1.91. The van der Waals surface area contributed by atoms with Gasteiger partial charge in [0, 0.05) is 52.5 Å². The zero-order valence-corrected chi connectivity index (χ0v) is 18.3. The molecule has 6 heteroatoms. The molecule has 3 aliphatic rings. The predicted molar refractivity (Wildman–Crippen MR) is 118 cm³/mol. The van der Waals surface area contributed by atoms with Crippen molar-refractivity contribution in [3.8, 4) is 0 Å². The average Bonchev–Trinajstić information content (AvgIpc) is 3.47. The van der Waals surface area contributed by atoms with Gasteiger partial charge in [0.1, 0.15) is 5.54 Å². The van der Waals surface area contributed by atoms with Crippen LogP contribution in [0.25, 0.3) is 0 Å². The smallest absolute Gasteiger partial charge is 0.247 e. The topological polar surface area (TPSA) is 44.6 Å². The fourth-order valence-electron chi connectivity index (χ4n) is 5.16. The number of hydrogen-bond donors (Lipinski definition) is 0. The van der Waals surface area contributed by atoms with Gasteiger partial charge in [0.2, 0.25) is 5.91 Å². The van der Waals surface area contributed by atoms with Crippen molar-refractivity contribution in [2.24, 2.45) is 13.0 Å². The lowest BCUT2D eigenvalue weighted by molar-refractivity contribution is -0.138. The van der Waals surface area contributed by atoms with E-state index in [0.29, 0.717) is 0 Å². The molecule has 2 aromatic rings. The Morgan fingerprint density at radius 1 is 1.07 bits per heavy atom. The van der Waals surface area contributed by atoms with Crippen molar-refractivity contribution >= 4 is 11.6 Å². The zero-order valence-electron chi connectivity index (χ0n) is 18.3. The summed E-state index contributed by atoms with van der Waals surface area (Å²) in [6.07, 6.45) is 8.28. The second-order valence-corrected chi connectivity index (χ2v) is 9.51. The van der Waals surface area contributed by atoms with Crippen LogP contribution in [0.4, 0.5) is 5.69 Å². The largest absolute Gasteiger partial charge is 0.307 e. The third-order valence-electron chi connectivity index (χ3n) is 7.23. The van der Waals surface area contributed by atoms with E-state index in [1.807, 2.05) is 24.3 Å². The summed E-state index contributed by atoms with van der Waals surface area (Å²) in [6.45, 7) is 7.88. The number of piperidine rings is 1. The molecular formula is C24H33N5O. The molecule has 6 nitrogen and oxygen atoms in total. The van der Waals surface area contributed by atoms with Crippen LogP contribution in [-0.4, -0.2) is 63.8 Å². The summed E-state index contributed by atoms with van der Waals surface area (Å²) in [5.41, 5.74) is 3.25. The van der Waals surface area contributed by atoms with E-state index in [1.165, 1.54) is 24.0 Å². The molecule has 0 unspecified atom stereocenters. The van der Waals surface area contributed by atoms with Crippen molar-refractivity contribution in [2.75, 3.05) is 37.6 Å². The van der Waals surface area contributed by atoms with Crippen molar-refractivity contribution in [3.05, 3.63) is 47.8 Å². The lowest BCUT2D eigenvalue weighted by Crippen LogP contribution is -2.69. The summed E-state index contributed by atoms with van der Waals surface area (Å²) >= 11 is 0. The monoisotopic (exact) mass is 407 g/mol. The number of carbonyl (C=O) groups is 1. The van der Waals surface area contributed by atoms with Crippen LogP contribution in [0.2, 0.25) is 0 Å². The Kier molecular flexibility index (Phi) is 5.15. The highest BCUT2D eigenvalue weighted by Gasteiger charge is 2.51. The molecular weight excluding hydrogens is 374 g/mol. The number of hydrogen-bond acceptors (Lipinski definition) is 4. The summed E-state index contributed by atoms with van der Waals surface area (Å²) < 4.78 is 1.79. The first-order chi connectivity index (χ1) is 14.5. The highest BCUT2D eigenvalue weighted by molar-refractivity contribution is 6.01. The second-order valence-electron chi connectivity index (χ2n) is 9.51. The van der Waals surface area contributed by atoms with Crippen molar-refractivity contribution in [1.82, 2.24) is 19.6 Å². The van der Waals surface area contributed by atoms with Crippen LogP contribution in [0.1, 0.15) is 36.8 Å². The molecule has 3 fully saturated rings. The lowest BCUT2D eigenvalue weighted by Gasteiger charge is -2.52. The SMILES string of the molecule is Cc1ccc(CN2CCC3(CC2)C(=O)N(c2cnn(C)c2)CCN3CC2CC2)cc1. The van der Waals surface area contributed by atoms with E-state index in [4.69, 9.17) is 0 Å². The number of benzene rings is 1. The molecule has 0 radical (unpaired) electrons. The molecule has 1 amide bonds. The van der Waals surface area contributed by atoms with Crippen LogP contribution in [0, 0.1) is 12.8 Å². The predicted octanol–water partition coefficient (Wildman–Crippen LogP) is 2.82. The van der Waals surface area contributed by atoms with Crippen LogP contribution in [-0.2, 0) is 18.4 Å². The van der Waals surface area contributed by atoms with E-state index >= 15 is 0 Å². The standard InChI is InChI=1S/C24H33N5O/c1-19-3-5-20(6-4-19)16-27-11-9-24(10-12-27)23(30)29(22-15-25-26(2)18-22)14-13-28(24)17-21-7-8-21/h3-6,15,18,21H,7-14,16-17H2,1-2H3. The highest BCUT2D eigenvalue weighted by atomic mass is 16.2. The third kappa shape index (κ3) is 3.79. The number of piperazine rings is 1. The zero-order chi connectivity index (χ0) is 20.7. The van der Waals surface area contributed by atoms with Crippen LogP contribution in [0.3, 0.4) is 0 Å². The summed E-state index contributed by atoms with van der Waals surface area (Å²) in [5, 5.41) is 4.30. The molecule has 2 aliphatic heterocycles. The van der Waals surface area contributed by atoms with E-state index in [0.717, 1.165) is 63.7 Å². The van der Waals surface area contributed by atoms with E-state index in [-0.39, 0.29) is 11.4 Å². The molecule has 1 aromatic heterocycles. The Labute approximate surface area is 179 Å². The maximum atomic E-state index is 13.9. The minimum atomic E-state index is -0.347. The fourth-order valence-corrected chi connectivity index (χ4v) is 5.16. The summed E-state index contributed by atoms with van der Waals surface area (Å²) in [6, 6.07) is 8.84. The van der Waals surface area contributed by atoms with Gasteiger partial charge in [-0.15, -0.1) is 0 Å². The van der Waals surface area contributed by atoms with Crippen LogP contribution in [0.5, 0.6) is 0 Å². The minimum absolute atomic E-state index is 0.289. The van der Waals surface area contributed by atoms with Crippen molar-refractivity contribution in [2.45, 2.75) is 44.7 Å². The first-order valence-electron chi connectivity index (χ1n) is 11.4. The van der Waals surface area contributed by atoms with Gasteiger partial charge in [-0.1, -0.05) is 29.8 Å². The number of anilines is 1. The lowest BCUT2D eigenvalue weighted by atomic mass is 9.81. The van der Waals surface area contributed by atoms with Gasteiger partial charge in [-0.05, 0) is 44.1 Å². The van der Waals surface area contributed by atoms with Gasteiger partial charge in [-0.3, -0.25) is 19.3 Å². The van der Waals surface area contributed by atoms with Gasteiger partial charge >= 0.3 is 0 Å². The highest BCUT2D eigenvalue weighted by Crippen LogP contribution is 2.39. The quantitative estimate of drug-likeness (QED) is 0.765. The van der Waals surface area contributed by atoms with Gasteiger partial charge in [0.15, 0.2) is 0 Å². The van der Waals surface area contributed by atoms with Crippen molar-refractivity contribution in [3.63, 3.8) is 0 Å². The average molecular weight is 408 g/mol. The van der Waals surface area contributed by atoms with Crippen molar-refractivity contribution < 1.29 is 4.79 Å². The minimum Gasteiger partial charge on any atom is -0.307 e. The second kappa shape index (κ2) is 7.82. The molecule has 5 rings (SSSR count). The van der Waals surface area contributed by atoms with E-state index in [1.54, 1.807) is 4.68 Å². The molecule has 1 aliphatic carbocycles. The first kappa shape index (κ1) is 19.8. The van der Waals surface area contributed by atoms with Gasteiger partial charge < -0.3 is 4.90 Å². The number of aryl methyl sites for hydroxylation is 2. The molecule has 0 bridgehead atoms. The Balaban J connectivity index is 1.33. The van der Waals surface area contributed by atoms with Gasteiger partial charge in [0.05, 0.1) is 11.9 Å². The summed E-state index contributed by atoms with van der Waals surface area (Å²) in [4.78, 5) is 20.9. The Morgan fingerprint density at radius 3 is 2.43 bits per heavy atom. The molecule has 1 aromatic carbocycles. The maximum Gasteiger partial charge on any atom is 0.247 e.